The molecule has 5 heteroatoms. The summed E-state index contributed by atoms with van der Waals surface area (Å²) in [5.74, 6) is 0. The van der Waals surface area contributed by atoms with Crippen LogP contribution in [0.4, 0.5) is 0 Å². The van der Waals surface area contributed by atoms with Crippen LogP contribution in [0.2, 0.25) is 0 Å². The van der Waals surface area contributed by atoms with Crippen LogP contribution in [-0.4, -0.2) is 23.5 Å². The molecule has 1 atom stereocenters. The Morgan fingerprint density at radius 3 is 2.90 bits per heavy atom. The second kappa shape index (κ2) is 7.02. The summed E-state index contributed by atoms with van der Waals surface area (Å²) in [6.07, 6.45) is 0. The molecule has 0 saturated heterocycles. The number of aromatic nitrogens is 2. The van der Waals surface area contributed by atoms with E-state index in [1.54, 1.807) is 18.4 Å². The van der Waals surface area contributed by atoms with Gasteiger partial charge in [0.25, 0.3) is 0 Å². The predicted octanol–water partition coefficient (Wildman–Crippen LogP) is 3.06. The Hall–Kier alpha value is -1.17. The standard InChI is InChI=1S/C15H23N3OS/c1-11-14(13(3)18(17-11)7-8-19-4)10-16-12(2)15-6-5-9-20-15/h5-6,9,12,16H,7-8,10H2,1-4H3/t12-/m0/s1. The summed E-state index contributed by atoms with van der Waals surface area (Å²) in [6.45, 7) is 8.76. The van der Waals surface area contributed by atoms with E-state index in [0.29, 0.717) is 12.6 Å². The largest absolute Gasteiger partial charge is 0.383 e. The summed E-state index contributed by atoms with van der Waals surface area (Å²) in [6, 6.07) is 4.64. The maximum absolute atomic E-state index is 5.12. The minimum atomic E-state index is 0.371. The number of thiophene rings is 1. The van der Waals surface area contributed by atoms with Gasteiger partial charge in [0.15, 0.2) is 0 Å². The van der Waals surface area contributed by atoms with Crippen molar-refractivity contribution in [1.29, 1.82) is 0 Å². The van der Waals surface area contributed by atoms with Crippen LogP contribution < -0.4 is 5.32 Å². The zero-order valence-corrected chi connectivity index (χ0v) is 13.5. The van der Waals surface area contributed by atoms with Crippen molar-refractivity contribution in [3.8, 4) is 0 Å². The Bertz CT molecular complexity index is 534. The van der Waals surface area contributed by atoms with Crippen molar-refractivity contribution in [2.45, 2.75) is 39.9 Å². The SMILES string of the molecule is COCCn1nc(C)c(CN[C@@H](C)c2cccs2)c1C. The summed E-state index contributed by atoms with van der Waals surface area (Å²) in [5.41, 5.74) is 3.62. The summed E-state index contributed by atoms with van der Waals surface area (Å²) < 4.78 is 7.16. The number of nitrogens with zero attached hydrogens (tertiary/aromatic N) is 2. The number of methoxy groups -OCH3 is 1. The highest BCUT2D eigenvalue weighted by molar-refractivity contribution is 7.10. The number of nitrogens with one attached hydrogen (secondary N) is 1. The second-order valence-electron chi connectivity index (χ2n) is 4.98. The van der Waals surface area contributed by atoms with E-state index in [1.165, 1.54) is 16.1 Å². The normalized spacial score (nSPS) is 12.8. The molecule has 0 spiro atoms. The lowest BCUT2D eigenvalue weighted by molar-refractivity contribution is 0.182. The Morgan fingerprint density at radius 2 is 2.25 bits per heavy atom. The van der Waals surface area contributed by atoms with Crippen LogP contribution in [0.3, 0.4) is 0 Å². The van der Waals surface area contributed by atoms with E-state index in [9.17, 15) is 0 Å². The van der Waals surface area contributed by atoms with Gasteiger partial charge in [-0.25, -0.2) is 0 Å². The summed E-state index contributed by atoms with van der Waals surface area (Å²) >= 11 is 1.79. The third-order valence-corrected chi connectivity index (χ3v) is 4.65. The molecule has 0 unspecified atom stereocenters. The van der Waals surface area contributed by atoms with Gasteiger partial charge in [0.05, 0.1) is 18.8 Å². The first kappa shape index (κ1) is 15.2. The van der Waals surface area contributed by atoms with Gasteiger partial charge in [-0.3, -0.25) is 4.68 Å². The van der Waals surface area contributed by atoms with Crippen LogP contribution in [0.15, 0.2) is 17.5 Å². The van der Waals surface area contributed by atoms with Gasteiger partial charge in [-0.05, 0) is 32.2 Å². The average molecular weight is 293 g/mol. The van der Waals surface area contributed by atoms with Gasteiger partial charge in [-0.2, -0.15) is 5.10 Å². The van der Waals surface area contributed by atoms with E-state index >= 15 is 0 Å². The highest BCUT2D eigenvalue weighted by atomic mass is 32.1. The molecule has 2 heterocycles. The number of aryl methyl sites for hydroxylation is 1. The maximum atomic E-state index is 5.12. The molecule has 0 saturated carbocycles. The Morgan fingerprint density at radius 1 is 1.45 bits per heavy atom. The van der Waals surface area contributed by atoms with Crippen LogP contribution >= 0.6 is 11.3 Å². The Balaban J connectivity index is 2.00. The van der Waals surface area contributed by atoms with Crippen molar-refractivity contribution in [2.75, 3.05) is 13.7 Å². The lowest BCUT2D eigenvalue weighted by Crippen LogP contribution is -2.18. The van der Waals surface area contributed by atoms with Gasteiger partial charge >= 0.3 is 0 Å². The van der Waals surface area contributed by atoms with E-state index in [4.69, 9.17) is 4.74 Å². The summed E-state index contributed by atoms with van der Waals surface area (Å²) in [7, 11) is 1.72. The molecule has 4 nitrogen and oxygen atoms in total. The van der Waals surface area contributed by atoms with Crippen molar-refractivity contribution in [3.05, 3.63) is 39.3 Å². The van der Waals surface area contributed by atoms with E-state index in [0.717, 1.165) is 18.8 Å². The molecule has 1 N–H and O–H groups in total. The minimum Gasteiger partial charge on any atom is -0.383 e. The van der Waals surface area contributed by atoms with Crippen molar-refractivity contribution in [1.82, 2.24) is 15.1 Å². The molecule has 0 bridgehead atoms. The fourth-order valence-corrected chi connectivity index (χ4v) is 3.04. The topological polar surface area (TPSA) is 39.1 Å². The molecule has 2 aromatic rings. The van der Waals surface area contributed by atoms with Gasteiger partial charge in [0.2, 0.25) is 0 Å². The fourth-order valence-electron chi connectivity index (χ4n) is 2.28. The lowest BCUT2D eigenvalue weighted by Gasteiger charge is -2.12. The monoisotopic (exact) mass is 293 g/mol. The first-order chi connectivity index (χ1) is 9.63. The zero-order valence-electron chi connectivity index (χ0n) is 12.6. The molecule has 0 radical (unpaired) electrons. The number of hydrogen-bond donors (Lipinski definition) is 1. The smallest absolute Gasteiger partial charge is 0.0658 e. The van der Waals surface area contributed by atoms with Crippen molar-refractivity contribution in [2.24, 2.45) is 0 Å². The minimum absolute atomic E-state index is 0.371. The van der Waals surface area contributed by atoms with Crippen molar-refractivity contribution in [3.63, 3.8) is 0 Å². The molecular weight excluding hydrogens is 270 g/mol. The summed E-state index contributed by atoms with van der Waals surface area (Å²) in [5, 5.41) is 10.3. The van der Waals surface area contributed by atoms with Gasteiger partial charge in [-0.1, -0.05) is 6.07 Å². The van der Waals surface area contributed by atoms with Gasteiger partial charge in [0, 0.05) is 35.8 Å². The first-order valence-electron chi connectivity index (χ1n) is 6.92. The van der Waals surface area contributed by atoms with Gasteiger partial charge in [0.1, 0.15) is 0 Å². The van der Waals surface area contributed by atoms with E-state index in [1.807, 2.05) is 4.68 Å². The highest BCUT2D eigenvalue weighted by Crippen LogP contribution is 2.20. The van der Waals surface area contributed by atoms with Gasteiger partial charge < -0.3 is 10.1 Å². The maximum Gasteiger partial charge on any atom is 0.0658 e. The molecule has 110 valence electrons. The van der Waals surface area contributed by atoms with Crippen LogP contribution in [0.5, 0.6) is 0 Å². The third-order valence-electron chi connectivity index (χ3n) is 3.59. The van der Waals surface area contributed by atoms with E-state index < -0.39 is 0 Å². The molecule has 2 aromatic heterocycles. The molecule has 0 fully saturated rings. The number of rotatable bonds is 7. The molecule has 0 aromatic carbocycles. The van der Waals surface area contributed by atoms with Crippen LogP contribution in [0.25, 0.3) is 0 Å². The molecule has 0 aliphatic carbocycles. The molecule has 2 rings (SSSR count). The Kier molecular flexibility index (Phi) is 5.34. The van der Waals surface area contributed by atoms with E-state index in [2.05, 4.69) is 48.7 Å². The van der Waals surface area contributed by atoms with Crippen LogP contribution in [0, 0.1) is 13.8 Å². The van der Waals surface area contributed by atoms with E-state index in [-0.39, 0.29) is 0 Å². The lowest BCUT2D eigenvalue weighted by atomic mass is 10.2. The number of hydrogen-bond acceptors (Lipinski definition) is 4. The Labute approximate surface area is 124 Å². The predicted molar refractivity (Wildman–Crippen MR) is 83.2 cm³/mol. The number of ether oxygens (including phenoxy) is 1. The quantitative estimate of drug-likeness (QED) is 0.853. The second-order valence-corrected chi connectivity index (χ2v) is 5.96. The third kappa shape index (κ3) is 3.48. The molecule has 0 aliphatic heterocycles. The molecule has 0 amide bonds. The molecule has 0 aliphatic rings. The van der Waals surface area contributed by atoms with Crippen LogP contribution in [0.1, 0.15) is 34.8 Å². The molecule has 20 heavy (non-hydrogen) atoms. The zero-order chi connectivity index (χ0) is 14.5. The molecular formula is C15H23N3OS. The summed E-state index contributed by atoms with van der Waals surface area (Å²) in [4.78, 5) is 1.37. The average Bonchev–Trinajstić information content (AvgIpc) is 3.04. The fraction of sp³-hybridized carbons (Fsp3) is 0.533. The van der Waals surface area contributed by atoms with Crippen LogP contribution in [-0.2, 0) is 17.8 Å². The van der Waals surface area contributed by atoms with Crippen molar-refractivity contribution < 1.29 is 4.74 Å². The van der Waals surface area contributed by atoms with Gasteiger partial charge in [-0.15, -0.1) is 11.3 Å². The first-order valence-corrected chi connectivity index (χ1v) is 7.80. The highest BCUT2D eigenvalue weighted by Gasteiger charge is 2.13. The van der Waals surface area contributed by atoms with Crippen molar-refractivity contribution >= 4 is 11.3 Å².